The van der Waals surface area contributed by atoms with Gasteiger partial charge in [-0.15, -0.1) is 11.8 Å². The summed E-state index contributed by atoms with van der Waals surface area (Å²) in [6, 6.07) is 9.87. The minimum Gasteiger partial charge on any atom is -0.481 e. The highest BCUT2D eigenvalue weighted by Crippen LogP contribution is 2.57. The molecule has 1 aromatic carbocycles. The molecule has 1 N–H and O–H groups in total. The molecule has 0 radical (unpaired) electrons. The van der Waals surface area contributed by atoms with Gasteiger partial charge in [0.25, 0.3) is 0 Å². The number of carboxylic acid groups (broad SMARTS) is 1. The van der Waals surface area contributed by atoms with E-state index < -0.39 is 17.3 Å². The molecular formula is C20H21NO3S. The Morgan fingerprint density at radius 2 is 2.08 bits per heavy atom. The van der Waals surface area contributed by atoms with E-state index in [1.54, 1.807) is 18.7 Å². The maximum absolute atomic E-state index is 13.3. The number of nitrogens with zero attached hydrogens (tertiary/aromatic N) is 1. The minimum absolute atomic E-state index is 0.0353. The Morgan fingerprint density at radius 3 is 2.76 bits per heavy atom. The summed E-state index contributed by atoms with van der Waals surface area (Å²) in [6.45, 7) is 4.35. The number of benzene rings is 1. The zero-order valence-electron chi connectivity index (χ0n) is 14.3. The third-order valence-corrected chi connectivity index (χ3v) is 7.00. The lowest BCUT2D eigenvalue weighted by Crippen LogP contribution is -2.49. The summed E-state index contributed by atoms with van der Waals surface area (Å²) in [7, 11) is 0. The van der Waals surface area contributed by atoms with Crippen molar-refractivity contribution in [2.75, 3.05) is 6.54 Å². The molecule has 3 aliphatic rings. The van der Waals surface area contributed by atoms with Gasteiger partial charge in [-0.05, 0) is 29.7 Å². The fourth-order valence-corrected chi connectivity index (χ4v) is 5.68. The molecule has 2 unspecified atom stereocenters. The Bertz CT molecular complexity index is 787. The Morgan fingerprint density at radius 1 is 1.36 bits per heavy atom. The van der Waals surface area contributed by atoms with Crippen molar-refractivity contribution in [1.29, 1.82) is 0 Å². The molecule has 0 spiro atoms. The Kier molecular flexibility index (Phi) is 3.80. The molecule has 5 heteroatoms. The summed E-state index contributed by atoms with van der Waals surface area (Å²) in [5, 5.41) is 12.0. The monoisotopic (exact) mass is 355 g/mol. The van der Waals surface area contributed by atoms with Crippen LogP contribution in [-0.2, 0) is 9.59 Å². The highest BCUT2D eigenvalue weighted by Gasteiger charge is 2.61. The molecule has 1 saturated heterocycles. The minimum atomic E-state index is -1.09. The van der Waals surface area contributed by atoms with Crippen LogP contribution in [0.25, 0.3) is 0 Å². The number of carboxylic acids is 1. The van der Waals surface area contributed by atoms with Gasteiger partial charge in [0.1, 0.15) is 0 Å². The topological polar surface area (TPSA) is 57.6 Å². The number of aliphatic carboxylic acids is 1. The average Bonchev–Trinajstić information content (AvgIpc) is 3.20. The number of fused-ring (bicyclic) bond motifs is 2. The number of hydrogen-bond acceptors (Lipinski definition) is 3. The van der Waals surface area contributed by atoms with Crippen molar-refractivity contribution < 1.29 is 14.7 Å². The van der Waals surface area contributed by atoms with E-state index in [0.29, 0.717) is 6.54 Å². The Labute approximate surface area is 151 Å². The largest absolute Gasteiger partial charge is 0.481 e. The van der Waals surface area contributed by atoms with Crippen molar-refractivity contribution in [2.45, 2.75) is 19.9 Å². The standard InChI is InChI=1S/C20H21NO3S/c1-12(13-6-4-3-5-7-13)21-11-14-10-16-15(8-9-25-16)20(2,19(23)24)17(14)18(21)22/h3-10,12,14-15,17H,11H2,1-2H3,(H,23,24)/t12-,14?,15?,17-,20+/m0/s1. The average molecular weight is 355 g/mol. The molecule has 1 amide bonds. The molecule has 1 fully saturated rings. The van der Waals surface area contributed by atoms with Crippen LogP contribution in [0.1, 0.15) is 25.5 Å². The molecule has 2 heterocycles. The summed E-state index contributed by atoms with van der Waals surface area (Å²) in [4.78, 5) is 28.4. The number of allylic oxidation sites excluding steroid dienone is 2. The SMILES string of the molecule is C[C@@H](c1ccccc1)N1CC2C=C3SC=CC3[C@@](C)(C(=O)O)[C@@H]2C1=O. The first-order valence-corrected chi connectivity index (χ1v) is 9.46. The summed E-state index contributed by atoms with van der Waals surface area (Å²) >= 11 is 1.59. The first-order chi connectivity index (χ1) is 11.9. The van der Waals surface area contributed by atoms with E-state index in [4.69, 9.17) is 0 Å². The lowest BCUT2D eigenvalue weighted by Gasteiger charge is -2.41. The van der Waals surface area contributed by atoms with Crippen LogP contribution in [0.2, 0.25) is 0 Å². The van der Waals surface area contributed by atoms with E-state index in [1.165, 1.54) is 0 Å². The van der Waals surface area contributed by atoms with Crippen LogP contribution < -0.4 is 0 Å². The van der Waals surface area contributed by atoms with Gasteiger partial charge in [0, 0.05) is 18.4 Å². The maximum Gasteiger partial charge on any atom is 0.311 e. The molecule has 2 aliphatic heterocycles. The predicted octanol–water partition coefficient (Wildman–Crippen LogP) is 3.69. The Hall–Kier alpha value is -2.01. The first kappa shape index (κ1) is 16.5. The van der Waals surface area contributed by atoms with E-state index >= 15 is 0 Å². The van der Waals surface area contributed by atoms with Gasteiger partial charge < -0.3 is 10.0 Å². The molecule has 4 nitrogen and oxygen atoms in total. The summed E-state index contributed by atoms with van der Waals surface area (Å²) in [5.74, 6) is -1.67. The second kappa shape index (κ2) is 5.77. The zero-order valence-corrected chi connectivity index (χ0v) is 15.1. The highest BCUT2D eigenvalue weighted by molar-refractivity contribution is 8.06. The molecule has 1 aromatic rings. The number of rotatable bonds is 3. The number of carbonyl (C=O) groups is 2. The van der Waals surface area contributed by atoms with Gasteiger partial charge in [-0.3, -0.25) is 9.59 Å². The third-order valence-electron chi connectivity index (χ3n) is 6.05. The van der Waals surface area contributed by atoms with Gasteiger partial charge in [-0.25, -0.2) is 0 Å². The Balaban J connectivity index is 1.72. The molecular weight excluding hydrogens is 334 g/mol. The van der Waals surface area contributed by atoms with Crippen molar-refractivity contribution >= 4 is 23.6 Å². The van der Waals surface area contributed by atoms with Crippen LogP contribution >= 0.6 is 11.8 Å². The van der Waals surface area contributed by atoms with Crippen LogP contribution in [0.5, 0.6) is 0 Å². The van der Waals surface area contributed by atoms with Crippen molar-refractivity contribution in [3.05, 3.63) is 58.4 Å². The van der Waals surface area contributed by atoms with E-state index in [2.05, 4.69) is 6.08 Å². The first-order valence-electron chi connectivity index (χ1n) is 8.58. The second-order valence-corrected chi connectivity index (χ2v) is 8.28. The van der Waals surface area contributed by atoms with Crippen LogP contribution in [0.15, 0.2) is 52.8 Å². The van der Waals surface area contributed by atoms with E-state index in [9.17, 15) is 14.7 Å². The molecule has 5 atom stereocenters. The third kappa shape index (κ3) is 2.29. The fraction of sp³-hybridized carbons (Fsp3) is 0.400. The second-order valence-electron chi connectivity index (χ2n) is 7.30. The van der Waals surface area contributed by atoms with Gasteiger partial charge in [0.2, 0.25) is 5.91 Å². The molecule has 0 bridgehead atoms. The zero-order chi connectivity index (χ0) is 17.8. The smallest absolute Gasteiger partial charge is 0.311 e. The molecule has 25 heavy (non-hydrogen) atoms. The fourth-order valence-electron chi connectivity index (χ4n) is 4.57. The number of likely N-dealkylation sites (tertiary alicyclic amines) is 1. The molecule has 1 aliphatic carbocycles. The van der Waals surface area contributed by atoms with Gasteiger partial charge in [0.15, 0.2) is 0 Å². The summed E-state index contributed by atoms with van der Waals surface area (Å²) < 4.78 is 0. The molecule has 0 saturated carbocycles. The normalized spacial score (nSPS) is 34.5. The number of amides is 1. The van der Waals surface area contributed by atoms with Crippen molar-refractivity contribution in [3.63, 3.8) is 0 Å². The van der Waals surface area contributed by atoms with Crippen molar-refractivity contribution in [3.8, 4) is 0 Å². The van der Waals surface area contributed by atoms with Crippen molar-refractivity contribution in [1.82, 2.24) is 4.90 Å². The molecule has 0 aromatic heterocycles. The van der Waals surface area contributed by atoms with E-state index in [0.717, 1.165) is 10.5 Å². The van der Waals surface area contributed by atoms with Gasteiger partial charge in [0.05, 0.1) is 17.4 Å². The lowest BCUT2D eigenvalue weighted by molar-refractivity contribution is -0.159. The maximum atomic E-state index is 13.3. The lowest BCUT2D eigenvalue weighted by atomic mass is 9.61. The van der Waals surface area contributed by atoms with Crippen LogP contribution in [0, 0.1) is 23.2 Å². The van der Waals surface area contributed by atoms with Gasteiger partial charge in [-0.2, -0.15) is 0 Å². The number of hydrogen-bond donors (Lipinski definition) is 1. The van der Waals surface area contributed by atoms with Gasteiger partial charge in [-0.1, -0.05) is 42.5 Å². The van der Waals surface area contributed by atoms with Gasteiger partial charge >= 0.3 is 5.97 Å². The summed E-state index contributed by atoms with van der Waals surface area (Å²) in [5.41, 5.74) is -0.00887. The quantitative estimate of drug-likeness (QED) is 0.898. The van der Waals surface area contributed by atoms with Crippen LogP contribution in [-0.4, -0.2) is 28.4 Å². The van der Waals surface area contributed by atoms with E-state index in [-0.39, 0.29) is 23.8 Å². The molecule has 130 valence electrons. The van der Waals surface area contributed by atoms with Crippen molar-refractivity contribution in [2.24, 2.45) is 23.2 Å². The molecule has 4 rings (SSSR count). The highest BCUT2D eigenvalue weighted by atomic mass is 32.2. The summed E-state index contributed by atoms with van der Waals surface area (Å²) in [6.07, 6.45) is 4.08. The van der Waals surface area contributed by atoms with Crippen LogP contribution in [0.3, 0.4) is 0 Å². The van der Waals surface area contributed by atoms with Crippen LogP contribution in [0.4, 0.5) is 0 Å². The number of thioether (sulfide) groups is 1. The predicted molar refractivity (Wildman–Crippen MR) is 97.6 cm³/mol. The number of carbonyl (C=O) groups excluding carboxylic acids is 1. The van der Waals surface area contributed by atoms with E-state index in [1.807, 2.05) is 53.6 Å².